The van der Waals surface area contributed by atoms with E-state index in [-0.39, 0.29) is 0 Å². The van der Waals surface area contributed by atoms with Crippen molar-refractivity contribution in [3.8, 4) is 0 Å². The largest absolute Gasteiger partial charge is 0.386 e. The number of benzene rings is 2. The van der Waals surface area contributed by atoms with Gasteiger partial charge in [-0.05, 0) is 21.9 Å². The van der Waals surface area contributed by atoms with Crippen LogP contribution in [0, 0.1) is 0 Å². The summed E-state index contributed by atoms with van der Waals surface area (Å²) in [5.41, 5.74) is 1.81. The molecule has 1 aliphatic carbocycles. The molecular weight excluding hydrogens is 200 g/mol. The van der Waals surface area contributed by atoms with Crippen molar-refractivity contribution in [2.75, 3.05) is 0 Å². The average Bonchev–Trinajstić information content (AvgIpc) is 2.33. The van der Waals surface area contributed by atoms with Gasteiger partial charge in [0.15, 0.2) is 0 Å². The van der Waals surface area contributed by atoms with Gasteiger partial charge in [0, 0.05) is 0 Å². The standard InChI is InChI=1S/C14H12O2/c15-13-8-7-11-10-4-2-1-3-9(10)5-6-12(11)14(13)16/h1-8,13-16H/t13-,14-/m1/s1. The maximum atomic E-state index is 9.89. The normalized spacial score (nSPS) is 23.4. The molecule has 0 aromatic heterocycles. The Morgan fingerprint density at radius 2 is 1.75 bits per heavy atom. The first-order valence-corrected chi connectivity index (χ1v) is 5.33. The monoisotopic (exact) mass is 212 g/mol. The Balaban J connectivity index is 2.34. The van der Waals surface area contributed by atoms with Crippen LogP contribution in [-0.4, -0.2) is 16.3 Å². The van der Waals surface area contributed by atoms with Crippen LogP contribution in [0.4, 0.5) is 0 Å². The number of hydrogen-bond acceptors (Lipinski definition) is 2. The average molecular weight is 212 g/mol. The molecule has 0 saturated carbocycles. The molecule has 0 spiro atoms. The van der Waals surface area contributed by atoms with Gasteiger partial charge in [-0.15, -0.1) is 0 Å². The van der Waals surface area contributed by atoms with Crippen LogP contribution in [0.2, 0.25) is 0 Å². The summed E-state index contributed by atoms with van der Waals surface area (Å²) in [6.07, 6.45) is 1.91. The fourth-order valence-corrected chi connectivity index (χ4v) is 2.24. The lowest BCUT2D eigenvalue weighted by Gasteiger charge is -2.22. The van der Waals surface area contributed by atoms with Crippen molar-refractivity contribution >= 4 is 16.8 Å². The summed E-state index contributed by atoms with van der Waals surface area (Å²) in [5.74, 6) is 0. The molecule has 0 aliphatic heterocycles. The third kappa shape index (κ3) is 1.28. The van der Waals surface area contributed by atoms with Crippen LogP contribution < -0.4 is 0 Å². The Labute approximate surface area is 93.5 Å². The summed E-state index contributed by atoms with van der Waals surface area (Å²) in [6.45, 7) is 0. The van der Waals surface area contributed by atoms with E-state index in [9.17, 15) is 10.2 Å². The minimum atomic E-state index is -0.815. The van der Waals surface area contributed by atoms with Crippen LogP contribution in [0.15, 0.2) is 42.5 Å². The van der Waals surface area contributed by atoms with E-state index in [0.717, 1.165) is 21.9 Å². The number of hydrogen-bond donors (Lipinski definition) is 2. The SMILES string of the molecule is O[C@@H]1C=Cc2c(ccc3ccccc23)[C@H]1O. The zero-order valence-electron chi connectivity index (χ0n) is 8.67. The van der Waals surface area contributed by atoms with E-state index in [1.165, 1.54) is 0 Å². The second-order valence-corrected chi connectivity index (χ2v) is 4.08. The zero-order chi connectivity index (χ0) is 11.1. The first-order chi connectivity index (χ1) is 7.77. The highest BCUT2D eigenvalue weighted by molar-refractivity contribution is 5.92. The number of fused-ring (bicyclic) bond motifs is 3. The van der Waals surface area contributed by atoms with Crippen LogP contribution >= 0.6 is 0 Å². The van der Waals surface area contributed by atoms with Gasteiger partial charge in [-0.25, -0.2) is 0 Å². The van der Waals surface area contributed by atoms with Gasteiger partial charge in [-0.2, -0.15) is 0 Å². The molecule has 0 fully saturated rings. The minimum absolute atomic E-state index is 0.798. The summed E-state index contributed by atoms with van der Waals surface area (Å²) in [7, 11) is 0. The Hall–Kier alpha value is -1.64. The van der Waals surface area contributed by atoms with Crippen molar-refractivity contribution in [2.24, 2.45) is 0 Å². The van der Waals surface area contributed by atoms with E-state index in [2.05, 4.69) is 0 Å². The molecule has 2 nitrogen and oxygen atoms in total. The van der Waals surface area contributed by atoms with Crippen molar-refractivity contribution in [1.82, 2.24) is 0 Å². The molecule has 0 saturated heterocycles. The maximum Gasteiger partial charge on any atom is 0.109 e. The quantitative estimate of drug-likeness (QED) is 0.703. The summed E-state index contributed by atoms with van der Waals surface area (Å²) >= 11 is 0. The fourth-order valence-electron chi connectivity index (χ4n) is 2.24. The molecule has 0 radical (unpaired) electrons. The predicted molar refractivity (Wildman–Crippen MR) is 63.9 cm³/mol. The van der Waals surface area contributed by atoms with Gasteiger partial charge in [0.2, 0.25) is 0 Å². The van der Waals surface area contributed by atoms with Gasteiger partial charge in [-0.1, -0.05) is 48.6 Å². The van der Waals surface area contributed by atoms with E-state index in [1.807, 2.05) is 42.5 Å². The lowest BCUT2D eigenvalue weighted by molar-refractivity contribution is 0.0471. The van der Waals surface area contributed by atoms with Gasteiger partial charge in [-0.3, -0.25) is 0 Å². The summed E-state index contributed by atoms with van der Waals surface area (Å²) < 4.78 is 0. The molecule has 0 amide bonds. The molecule has 2 aromatic rings. The van der Waals surface area contributed by atoms with Gasteiger partial charge in [0.05, 0.1) is 0 Å². The Bertz CT molecular complexity index is 572. The minimum Gasteiger partial charge on any atom is -0.386 e. The van der Waals surface area contributed by atoms with Crippen molar-refractivity contribution in [1.29, 1.82) is 0 Å². The molecule has 16 heavy (non-hydrogen) atoms. The Morgan fingerprint density at radius 3 is 2.62 bits per heavy atom. The smallest absolute Gasteiger partial charge is 0.109 e. The predicted octanol–water partition coefficient (Wildman–Crippen LogP) is 2.26. The van der Waals surface area contributed by atoms with Crippen LogP contribution in [-0.2, 0) is 0 Å². The van der Waals surface area contributed by atoms with E-state index in [0.29, 0.717) is 0 Å². The van der Waals surface area contributed by atoms with Crippen LogP contribution in [0.3, 0.4) is 0 Å². The second kappa shape index (κ2) is 3.44. The Morgan fingerprint density at radius 1 is 0.938 bits per heavy atom. The highest BCUT2D eigenvalue weighted by atomic mass is 16.3. The number of aliphatic hydroxyl groups is 2. The molecule has 2 aromatic carbocycles. The lowest BCUT2D eigenvalue weighted by atomic mass is 9.89. The van der Waals surface area contributed by atoms with E-state index < -0.39 is 12.2 Å². The molecule has 2 heteroatoms. The van der Waals surface area contributed by atoms with Crippen molar-refractivity contribution in [2.45, 2.75) is 12.2 Å². The highest BCUT2D eigenvalue weighted by Crippen LogP contribution is 2.33. The topological polar surface area (TPSA) is 40.5 Å². The second-order valence-electron chi connectivity index (χ2n) is 4.08. The number of rotatable bonds is 0. The number of aliphatic hydroxyl groups excluding tert-OH is 2. The van der Waals surface area contributed by atoms with E-state index in [1.54, 1.807) is 6.08 Å². The molecular formula is C14H12O2. The molecule has 0 heterocycles. The van der Waals surface area contributed by atoms with Crippen LogP contribution in [0.1, 0.15) is 17.2 Å². The zero-order valence-corrected chi connectivity index (χ0v) is 8.67. The van der Waals surface area contributed by atoms with Gasteiger partial charge < -0.3 is 10.2 Å². The van der Waals surface area contributed by atoms with Gasteiger partial charge >= 0.3 is 0 Å². The fraction of sp³-hybridized carbons (Fsp3) is 0.143. The van der Waals surface area contributed by atoms with Crippen molar-refractivity contribution in [3.05, 3.63) is 53.6 Å². The van der Waals surface area contributed by atoms with Crippen LogP contribution in [0.5, 0.6) is 0 Å². The van der Waals surface area contributed by atoms with Crippen LogP contribution in [0.25, 0.3) is 16.8 Å². The molecule has 2 atom stereocenters. The summed E-state index contributed by atoms with van der Waals surface area (Å²) in [5, 5.41) is 21.7. The molecule has 0 bridgehead atoms. The molecule has 1 aliphatic rings. The maximum absolute atomic E-state index is 9.89. The van der Waals surface area contributed by atoms with Crippen molar-refractivity contribution < 1.29 is 10.2 Å². The summed E-state index contributed by atoms with van der Waals surface area (Å²) in [4.78, 5) is 0. The first-order valence-electron chi connectivity index (χ1n) is 5.33. The van der Waals surface area contributed by atoms with Gasteiger partial charge in [0.1, 0.15) is 12.2 Å². The van der Waals surface area contributed by atoms with E-state index >= 15 is 0 Å². The third-order valence-electron chi connectivity index (χ3n) is 3.11. The molecule has 3 rings (SSSR count). The molecule has 2 N–H and O–H groups in total. The van der Waals surface area contributed by atoms with Crippen molar-refractivity contribution in [3.63, 3.8) is 0 Å². The third-order valence-corrected chi connectivity index (χ3v) is 3.11. The van der Waals surface area contributed by atoms with Gasteiger partial charge in [0.25, 0.3) is 0 Å². The molecule has 80 valence electrons. The Kier molecular flexibility index (Phi) is 2.06. The highest BCUT2D eigenvalue weighted by Gasteiger charge is 2.22. The molecule has 0 unspecified atom stereocenters. The lowest BCUT2D eigenvalue weighted by Crippen LogP contribution is -2.19. The first kappa shape index (κ1) is 9.58. The summed E-state index contributed by atoms with van der Waals surface area (Å²) in [6, 6.07) is 11.9. The van der Waals surface area contributed by atoms with E-state index in [4.69, 9.17) is 0 Å².